The van der Waals surface area contributed by atoms with Crippen LogP contribution in [-0.4, -0.2) is 42.9 Å². The van der Waals surface area contributed by atoms with Crippen LogP contribution in [0.4, 0.5) is 5.69 Å². The quantitative estimate of drug-likeness (QED) is 0.450. The van der Waals surface area contributed by atoms with Crippen molar-refractivity contribution in [3.8, 4) is 5.75 Å². The van der Waals surface area contributed by atoms with Gasteiger partial charge in [-0.15, -0.1) is 0 Å². The molecule has 1 fully saturated rings. The summed E-state index contributed by atoms with van der Waals surface area (Å²) in [6.45, 7) is 8.59. The molecule has 1 aliphatic heterocycles. The average Bonchev–Trinajstić information content (AvgIpc) is 2.84. The molecule has 4 rings (SSSR count). The average molecular weight is 465 g/mol. The first-order chi connectivity index (χ1) is 16.0. The summed E-state index contributed by atoms with van der Waals surface area (Å²) in [5.41, 5.74) is 5.13. The fraction of sp³-hybridized carbons (Fsp3) is 0.357. The monoisotopic (exact) mass is 464 g/mol. The lowest BCUT2D eigenvalue weighted by Gasteiger charge is -2.44. The Morgan fingerprint density at radius 1 is 1.00 bits per heavy atom. The summed E-state index contributed by atoms with van der Waals surface area (Å²) in [4.78, 5) is 5.08. The van der Waals surface area contributed by atoms with Gasteiger partial charge in [-0.25, -0.2) is 0 Å². The number of ether oxygens (including phenoxy) is 1. The molecule has 1 saturated heterocycles. The molecule has 5 heteroatoms. The first kappa shape index (κ1) is 23.6. The van der Waals surface area contributed by atoms with Gasteiger partial charge in [0.05, 0.1) is 12.6 Å². The van der Waals surface area contributed by atoms with Crippen molar-refractivity contribution < 1.29 is 9.84 Å². The van der Waals surface area contributed by atoms with E-state index in [4.69, 9.17) is 21.4 Å². The van der Waals surface area contributed by atoms with Gasteiger partial charge in [0, 0.05) is 36.9 Å². The number of piperazine rings is 1. The van der Waals surface area contributed by atoms with Crippen LogP contribution < -0.4 is 9.64 Å². The van der Waals surface area contributed by atoms with E-state index in [1.165, 1.54) is 22.4 Å². The summed E-state index contributed by atoms with van der Waals surface area (Å²) in [7, 11) is 0. The highest BCUT2D eigenvalue weighted by atomic mass is 35.5. The summed E-state index contributed by atoms with van der Waals surface area (Å²) in [5.74, 6) is 1.16. The predicted molar refractivity (Wildman–Crippen MR) is 136 cm³/mol. The molecule has 0 radical (unpaired) electrons. The fourth-order valence-corrected chi connectivity index (χ4v) is 4.72. The van der Waals surface area contributed by atoms with E-state index in [1.54, 1.807) is 0 Å². The fourth-order valence-electron chi connectivity index (χ4n) is 4.59. The molecular formula is C28H33ClN2O2. The standard InChI is InChI=1S/C28H33ClN2O2/c1-21(2)26-18-25(33-17-16-32)12-13-27(26)31-15-14-30(19-22-6-4-3-5-7-22)20-28(31)23-8-10-24(29)11-9-23/h3-13,18,21,28,32H,14-17,19-20H2,1-2H3/t28-/m0/s1. The highest BCUT2D eigenvalue weighted by Crippen LogP contribution is 2.38. The van der Waals surface area contributed by atoms with Crippen molar-refractivity contribution in [3.05, 3.63) is 94.5 Å². The largest absolute Gasteiger partial charge is 0.491 e. The molecule has 33 heavy (non-hydrogen) atoms. The Hall–Kier alpha value is -2.53. The summed E-state index contributed by atoms with van der Waals surface area (Å²) < 4.78 is 5.71. The Morgan fingerprint density at radius 3 is 2.45 bits per heavy atom. The molecule has 0 amide bonds. The summed E-state index contributed by atoms with van der Waals surface area (Å²) in [6.07, 6.45) is 0. The van der Waals surface area contributed by atoms with Crippen LogP contribution in [0.1, 0.15) is 42.5 Å². The second kappa shape index (κ2) is 11.1. The third-order valence-corrected chi connectivity index (χ3v) is 6.51. The van der Waals surface area contributed by atoms with Crippen LogP contribution in [0, 0.1) is 0 Å². The number of benzene rings is 3. The van der Waals surface area contributed by atoms with Crippen LogP contribution in [0.5, 0.6) is 5.75 Å². The van der Waals surface area contributed by atoms with Crippen molar-refractivity contribution in [1.82, 2.24) is 4.90 Å². The van der Waals surface area contributed by atoms with Crippen molar-refractivity contribution in [3.63, 3.8) is 0 Å². The minimum atomic E-state index is 0.0147. The van der Waals surface area contributed by atoms with Crippen LogP contribution >= 0.6 is 11.6 Å². The Bertz CT molecular complexity index is 1020. The molecule has 3 aromatic carbocycles. The van der Waals surface area contributed by atoms with E-state index in [0.29, 0.717) is 12.5 Å². The normalized spacial score (nSPS) is 16.9. The van der Waals surface area contributed by atoms with Crippen molar-refractivity contribution in [2.24, 2.45) is 0 Å². The van der Waals surface area contributed by atoms with Crippen molar-refractivity contribution >= 4 is 17.3 Å². The van der Waals surface area contributed by atoms with Gasteiger partial charge in [0.15, 0.2) is 0 Å². The Balaban J connectivity index is 1.65. The third kappa shape index (κ3) is 5.89. The highest BCUT2D eigenvalue weighted by Gasteiger charge is 2.30. The maximum absolute atomic E-state index is 9.13. The van der Waals surface area contributed by atoms with Gasteiger partial charge in [-0.05, 0) is 52.9 Å². The molecule has 0 aromatic heterocycles. The highest BCUT2D eigenvalue weighted by molar-refractivity contribution is 6.30. The smallest absolute Gasteiger partial charge is 0.119 e. The van der Waals surface area contributed by atoms with E-state index in [0.717, 1.165) is 37.0 Å². The third-order valence-electron chi connectivity index (χ3n) is 6.26. The van der Waals surface area contributed by atoms with E-state index in [9.17, 15) is 0 Å². The molecule has 0 saturated carbocycles. The number of nitrogens with zero attached hydrogens (tertiary/aromatic N) is 2. The molecule has 174 valence electrons. The number of aliphatic hydroxyl groups is 1. The Kier molecular flexibility index (Phi) is 7.92. The summed E-state index contributed by atoms with van der Waals surface area (Å²) in [6, 6.07) is 25.5. The zero-order valence-corrected chi connectivity index (χ0v) is 20.2. The van der Waals surface area contributed by atoms with Gasteiger partial charge in [0.25, 0.3) is 0 Å². The van der Waals surface area contributed by atoms with E-state index < -0.39 is 0 Å². The molecule has 1 heterocycles. The van der Waals surface area contributed by atoms with Gasteiger partial charge in [0.1, 0.15) is 12.4 Å². The van der Waals surface area contributed by atoms with Crippen LogP contribution in [0.15, 0.2) is 72.8 Å². The van der Waals surface area contributed by atoms with E-state index >= 15 is 0 Å². The molecule has 1 atom stereocenters. The van der Waals surface area contributed by atoms with Crippen LogP contribution in [0.2, 0.25) is 5.02 Å². The number of anilines is 1. The van der Waals surface area contributed by atoms with E-state index in [2.05, 4.69) is 78.2 Å². The minimum Gasteiger partial charge on any atom is -0.491 e. The molecule has 0 aliphatic carbocycles. The molecule has 0 spiro atoms. The topological polar surface area (TPSA) is 35.9 Å². The molecule has 0 bridgehead atoms. The zero-order chi connectivity index (χ0) is 23.2. The molecule has 1 N–H and O–H groups in total. The van der Waals surface area contributed by atoms with Crippen molar-refractivity contribution in [1.29, 1.82) is 0 Å². The summed E-state index contributed by atoms with van der Waals surface area (Å²) in [5, 5.41) is 9.89. The molecule has 4 nitrogen and oxygen atoms in total. The lowest BCUT2D eigenvalue weighted by atomic mass is 9.95. The number of halogens is 1. The minimum absolute atomic E-state index is 0.0147. The Labute approximate surface area is 202 Å². The van der Waals surface area contributed by atoms with Crippen LogP contribution in [0.3, 0.4) is 0 Å². The van der Waals surface area contributed by atoms with Gasteiger partial charge in [0.2, 0.25) is 0 Å². The first-order valence-electron chi connectivity index (χ1n) is 11.7. The molecule has 1 aliphatic rings. The number of hydrogen-bond acceptors (Lipinski definition) is 4. The second-order valence-corrected chi connectivity index (χ2v) is 9.37. The number of rotatable bonds is 8. The van der Waals surface area contributed by atoms with Crippen molar-refractivity contribution in [2.75, 3.05) is 37.7 Å². The number of aliphatic hydroxyl groups excluding tert-OH is 1. The molecule has 3 aromatic rings. The second-order valence-electron chi connectivity index (χ2n) is 8.93. The maximum Gasteiger partial charge on any atom is 0.119 e. The lowest BCUT2D eigenvalue weighted by molar-refractivity contribution is 0.201. The zero-order valence-electron chi connectivity index (χ0n) is 19.5. The van der Waals surface area contributed by atoms with Gasteiger partial charge in [-0.1, -0.05) is 67.9 Å². The van der Waals surface area contributed by atoms with Gasteiger partial charge in [-0.3, -0.25) is 4.90 Å². The molecular weight excluding hydrogens is 432 g/mol. The van der Waals surface area contributed by atoms with E-state index in [-0.39, 0.29) is 12.6 Å². The summed E-state index contributed by atoms with van der Waals surface area (Å²) >= 11 is 6.21. The Morgan fingerprint density at radius 2 is 1.76 bits per heavy atom. The van der Waals surface area contributed by atoms with Gasteiger partial charge in [-0.2, -0.15) is 0 Å². The van der Waals surface area contributed by atoms with Crippen LogP contribution in [0.25, 0.3) is 0 Å². The maximum atomic E-state index is 9.13. The van der Waals surface area contributed by atoms with Crippen molar-refractivity contribution in [2.45, 2.75) is 32.4 Å². The molecule has 0 unspecified atom stereocenters. The predicted octanol–water partition coefficient (Wildman–Crippen LogP) is 5.90. The SMILES string of the molecule is CC(C)c1cc(OCCO)ccc1N1CCN(Cc2ccccc2)C[C@H]1c1ccc(Cl)cc1. The first-order valence-corrected chi connectivity index (χ1v) is 12.1. The van der Waals surface area contributed by atoms with Gasteiger partial charge >= 0.3 is 0 Å². The number of hydrogen-bond donors (Lipinski definition) is 1. The van der Waals surface area contributed by atoms with Crippen LogP contribution in [-0.2, 0) is 6.54 Å². The van der Waals surface area contributed by atoms with E-state index in [1.807, 2.05) is 18.2 Å². The lowest BCUT2D eigenvalue weighted by Crippen LogP contribution is -2.48. The van der Waals surface area contributed by atoms with Gasteiger partial charge < -0.3 is 14.7 Å².